The minimum absolute atomic E-state index is 0.331. The van der Waals surface area contributed by atoms with Crippen LogP contribution in [0.3, 0.4) is 0 Å². The van der Waals surface area contributed by atoms with Crippen molar-refractivity contribution in [1.29, 1.82) is 0 Å². The van der Waals surface area contributed by atoms with E-state index in [9.17, 15) is 0 Å². The molecule has 1 heterocycles. The average Bonchev–Trinajstić information content (AvgIpc) is 2.87. The van der Waals surface area contributed by atoms with Gasteiger partial charge in [0.05, 0.1) is 6.04 Å². The first-order valence-electron chi connectivity index (χ1n) is 7.61. The molecule has 0 aliphatic heterocycles. The Balaban J connectivity index is 2.31. The monoisotopic (exact) mass is 287 g/mol. The number of thiophene rings is 1. The fourth-order valence-electron chi connectivity index (χ4n) is 2.58. The molecule has 0 bridgehead atoms. The van der Waals surface area contributed by atoms with E-state index in [1.165, 1.54) is 28.7 Å². The Bertz CT molecular complexity index is 530. The fourth-order valence-corrected chi connectivity index (χ4v) is 3.46. The van der Waals surface area contributed by atoms with E-state index < -0.39 is 0 Å². The minimum atomic E-state index is 0.331. The number of rotatable bonds is 7. The Labute approximate surface area is 127 Å². The first-order chi connectivity index (χ1) is 9.76. The summed E-state index contributed by atoms with van der Waals surface area (Å²) in [4.78, 5) is 0. The molecular weight excluding hydrogens is 262 g/mol. The molecular formula is C18H25NS. The molecule has 108 valence electrons. The molecule has 0 saturated heterocycles. The van der Waals surface area contributed by atoms with Gasteiger partial charge in [-0.05, 0) is 59.3 Å². The number of hydrogen-bond acceptors (Lipinski definition) is 2. The SMILES string of the molecule is CCCNC(c1cccc(CCC)c1)c1cscc1C. The van der Waals surface area contributed by atoms with E-state index in [1.807, 2.05) is 0 Å². The highest BCUT2D eigenvalue weighted by molar-refractivity contribution is 7.08. The van der Waals surface area contributed by atoms with Crippen LogP contribution in [0.25, 0.3) is 0 Å². The van der Waals surface area contributed by atoms with E-state index in [4.69, 9.17) is 0 Å². The van der Waals surface area contributed by atoms with Gasteiger partial charge in [0, 0.05) is 0 Å². The van der Waals surface area contributed by atoms with E-state index in [1.54, 1.807) is 11.3 Å². The van der Waals surface area contributed by atoms with E-state index in [2.05, 4.69) is 61.1 Å². The zero-order valence-corrected chi connectivity index (χ0v) is 13.6. The van der Waals surface area contributed by atoms with Gasteiger partial charge in [-0.1, -0.05) is 44.5 Å². The van der Waals surface area contributed by atoms with Crippen LogP contribution in [0.4, 0.5) is 0 Å². The Morgan fingerprint density at radius 2 is 2.00 bits per heavy atom. The van der Waals surface area contributed by atoms with Gasteiger partial charge in [0.2, 0.25) is 0 Å². The van der Waals surface area contributed by atoms with Gasteiger partial charge >= 0.3 is 0 Å². The van der Waals surface area contributed by atoms with Gasteiger partial charge in [-0.2, -0.15) is 11.3 Å². The van der Waals surface area contributed by atoms with Crippen molar-refractivity contribution in [2.24, 2.45) is 0 Å². The van der Waals surface area contributed by atoms with Gasteiger partial charge in [-0.3, -0.25) is 0 Å². The summed E-state index contributed by atoms with van der Waals surface area (Å²) in [5, 5.41) is 8.23. The highest BCUT2D eigenvalue weighted by Crippen LogP contribution is 2.28. The molecule has 2 rings (SSSR count). The molecule has 1 atom stereocenters. The van der Waals surface area contributed by atoms with Gasteiger partial charge < -0.3 is 5.32 Å². The lowest BCUT2D eigenvalue weighted by Crippen LogP contribution is -2.23. The van der Waals surface area contributed by atoms with Crippen molar-refractivity contribution in [3.63, 3.8) is 0 Å². The van der Waals surface area contributed by atoms with Crippen molar-refractivity contribution in [1.82, 2.24) is 5.32 Å². The summed E-state index contributed by atoms with van der Waals surface area (Å²) in [5.74, 6) is 0. The molecule has 2 aromatic rings. The van der Waals surface area contributed by atoms with Gasteiger partial charge in [0.1, 0.15) is 0 Å². The van der Waals surface area contributed by atoms with Crippen LogP contribution in [0.2, 0.25) is 0 Å². The predicted molar refractivity (Wildman–Crippen MR) is 89.6 cm³/mol. The van der Waals surface area contributed by atoms with Crippen LogP contribution in [0.15, 0.2) is 35.0 Å². The van der Waals surface area contributed by atoms with E-state index in [-0.39, 0.29) is 0 Å². The van der Waals surface area contributed by atoms with E-state index in [0.717, 1.165) is 19.4 Å². The van der Waals surface area contributed by atoms with Gasteiger partial charge in [-0.25, -0.2) is 0 Å². The third kappa shape index (κ3) is 3.71. The van der Waals surface area contributed by atoms with E-state index >= 15 is 0 Å². The molecule has 1 aromatic heterocycles. The lowest BCUT2D eigenvalue weighted by Gasteiger charge is -2.20. The van der Waals surface area contributed by atoms with Crippen molar-refractivity contribution < 1.29 is 0 Å². The smallest absolute Gasteiger partial charge is 0.0587 e. The molecule has 1 N–H and O–H groups in total. The highest BCUT2D eigenvalue weighted by Gasteiger charge is 2.16. The van der Waals surface area contributed by atoms with Crippen LogP contribution >= 0.6 is 11.3 Å². The van der Waals surface area contributed by atoms with Crippen LogP contribution in [-0.2, 0) is 6.42 Å². The molecule has 1 aromatic carbocycles. The fraction of sp³-hybridized carbons (Fsp3) is 0.444. The largest absolute Gasteiger partial charge is 0.306 e. The molecule has 20 heavy (non-hydrogen) atoms. The van der Waals surface area contributed by atoms with Gasteiger partial charge in [0.25, 0.3) is 0 Å². The van der Waals surface area contributed by atoms with Crippen LogP contribution < -0.4 is 5.32 Å². The Morgan fingerprint density at radius 1 is 1.15 bits per heavy atom. The number of nitrogens with one attached hydrogen (secondary N) is 1. The summed E-state index contributed by atoms with van der Waals surface area (Å²) in [6.07, 6.45) is 3.53. The maximum atomic E-state index is 3.70. The summed E-state index contributed by atoms with van der Waals surface area (Å²) in [6.45, 7) is 7.72. The van der Waals surface area contributed by atoms with Crippen LogP contribution in [0, 0.1) is 6.92 Å². The molecule has 0 fully saturated rings. The molecule has 0 spiro atoms. The molecule has 0 amide bonds. The second kappa shape index (κ2) is 7.61. The first kappa shape index (κ1) is 15.3. The lowest BCUT2D eigenvalue weighted by molar-refractivity contribution is 0.597. The summed E-state index contributed by atoms with van der Waals surface area (Å²) in [6, 6.07) is 9.39. The molecule has 0 radical (unpaired) electrons. The Morgan fingerprint density at radius 3 is 2.65 bits per heavy atom. The molecule has 0 aliphatic rings. The zero-order chi connectivity index (χ0) is 14.4. The van der Waals surface area contributed by atoms with Crippen molar-refractivity contribution in [2.75, 3.05) is 6.54 Å². The third-order valence-electron chi connectivity index (χ3n) is 3.63. The van der Waals surface area contributed by atoms with Crippen LogP contribution in [0.5, 0.6) is 0 Å². The molecule has 1 nitrogen and oxygen atoms in total. The maximum Gasteiger partial charge on any atom is 0.0587 e. The molecule has 0 saturated carbocycles. The molecule has 2 heteroatoms. The molecule has 0 aliphatic carbocycles. The third-order valence-corrected chi connectivity index (χ3v) is 4.51. The minimum Gasteiger partial charge on any atom is -0.306 e. The van der Waals surface area contributed by atoms with Gasteiger partial charge in [-0.15, -0.1) is 0 Å². The van der Waals surface area contributed by atoms with Crippen molar-refractivity contribution in [3.8, 4) is 0 Å². The number of hydrogen-bond donors (Lipinski definition) is 1. The maximum absolute atomic E-state index is 3.70. The standard InChI is InChI=1S/C18H25NS/c1-4-7-15-8-6-9-16(11-15)18(19-10-5-2)17-13-20-12-14(17)3/h6,8-9,11-13,18-19H,4-5,7,10H2,1-3H3. The van der Waals surface area contributed by atoms with Crippen LogP contribution in [0.1, 0.15) is 55.0 Å². The average molecular weight is 287 g/mol. The second-order valence-electron chi connectivity index (χ2n) is 5.39. The lowest BCUT2D eigenvalue weighted by atomic mass is 9.96. The van der Waals surface area contributed by atoms with Crippen molar-refractivity contribution >= 4 is 11.3 Å². The topological polar surface area (TPSA) is 12.0 Å². The van der Waals surface area contributed by atoms with Crippen LogP contribution in [-0.4, -0.2) is 6.54 Å². The van der Waals surface area contributed by atoms with E-state index in [0.29, 0.717) is 6.04 Å². The predicted octanol–water partition coefficient (Wildman–Crippen LogP) is 5.10. The Kier molecular flexibility index (Phi) is 5.81. The summed E-state index contributed by atoms with van der Waals surface area (Å²) < 4.78 is 0. The summed E-state index contributed by atoms with van der Waals surface area (Å²) >= 11 is 1.80. The number of aryl methyl sites for hydroxylation is 2. The summed E-state index contributed by atoms with van der Waals surface area (Å²) in [5.41, 5.74) is 5.66. The van der Waals surface area contributed by atoms with Crippen molar-refractivity contribution in [3.05, 3.63) is 57.3 Å². The van der Waals surface area contributed by atoms with Crippen molar-refractivity contribution in [2.45, 2.75) is 46.1 Å². The molecule has 1 unspecified atom stereocenters. The summed E-state index contributed by atoms with van der Waals surface area (Å²) in [7, 11) is 0. The Hall–Kier alpha value is -1.12. The normalized spacial score (nSPS) is 12.6. The van der Waals surface area contributed by atoms with Gasteiger partial charge in [0.15, 0.2) is 0 Å². The second-order valence-corrected chi connectivity index (χ2v) is 6.14. The number of benzene rings is 1. The zero-order valence-electron chi connectivity index (χ0n) is 12.8. The highest BCUT2D eigenvalue weighted by atomic mass is 32.1. The quantitative estimate of drug-likeness (QED) is 0.747. The first-order valence-corrected chi connectivity index (χ1v) is 8.55.